The lowest BCUT2D eigenvalue weighted by molar-refractivity contribution is -0.140. The first-order valence-electron chi connectivity index (χ1n) is 7.95. The number of rotatable bonds is 6. The Morgan fingerprint density at radius 1 is 1.08 bits per heavy atom. The summed E-state index contributed by atoms with van der Waals surface area (Å²) in [7, 11) is 1.37. The van der Waals surface area contributed by atoms with E-state index in [9.17, 15) is 9.59 Å². The van der Waals surface area contributed by atoms with Crippen LogP contribution in [0.4, 0.5) is 4.79 Å². The highest BCUT2D eigenvalue weighted by molar-refractivity contribution is 5.81. The largest absolute Gasteiger partial charge is 0.480 e. The highest BCUT2D eigenvalue weighted by Crippen LogP contribution is 2.44. The van der Waals surface area contributed by atoms with Crippen molar-refractivity contribution >= 4 is 12.1 Å². The Balaban J connectivity index is 1.71. The lowest BCUT2D eigenvalue weighted by Crippen LogP contribution is -2.44. The first kappa shape index (κ1) is 17.0. The molecule has 0 saturated heterocycles. The number of amides is 1. The van der Waals surface area contributed by atoms with Gasteiger partial charge in [0.15, 0.2) is 6.04 Å². The van der Waals surface area contributed by atoms with E-state index in [1.807, 2.05) is 48.5 Å². The fourth-order valence-corrected chi connectivity index (χ4v) is 3.12. The van der Waals surface area contributed by atoms with Crippen LogP contribution in [-0.4, -0.2) is 43.5 Å². The normalized spacial score (nSPS) is 13.6. The number of alkyl carbamates (subject to hydrolysis) is 1. The molecule has 2 N–H and O–H groups in total. The molecule has 0 heterocycles. The zero-order chi connectivity index (χ0) is 17.8. The van der Waals surface area contributed by atoms with E-state index in [0.717, 1.165) is 22.3 Å². The van der Waals surface area contributed by atoms with Crippen molar-refractivity contribution < 1.29 is 24.2 Å². The van der Waals surface area contributed by atoms with Gasteiger partial charge in [-0.3, -0.25) is 0 Å². The van der Waals surface area contributed by atoms with Crippen LogP contribution in [0, 0.1) is 0 Å². The molecule has 6 nitrogen and oxygen atoms in total. The van der Waals surface area contributed by atoms with Gasteiger partial charge < -0.3 is 19.9 Å². The van der Waals surface area contributed by atoms with E-state index in [1.165, 1.54) is 7.11 Å². The third kappa shape index (κ3) is 3.49. The number of aliphatic carboxylic acids is 1. The van der Waals surface area contributed by atoms with Gasteiger partial charge in [-0.2, -0.15) is 0 Å². The Kier molecular flexibility index (Phi) is 5.00. The Hall–Kier alpha value is -2.86. The highest BCUT2D eigenvalue weighted by Gasteiger charge is 2.29. The van der Waals surface area contributed by atoms with Crippen LogP contribution in [0.3, 0.4) is 0 Å². The van der Waals surface area contributed by atoms with Gasteiger partial charge in [-0.05, 0) is 22.3 Å². The first-order chi connectivity index (χ1) is 12.1. The van der Waals surface area contributed by atoms with Crippen LogP contribution < -0.4 is 5.32 Å². The van der Waals surface area contributed by atoms with Crippen molar-refractivity contribution in [1.82, 2.24) is 5.32 Å². The molecule has 1 unspecified atom stereocenters. The Morgan fingerprint density at radius 2 is 1.64 bits per heavy atom. The molecule has 0 fully saturated rings. The van der Waals surface area contributed by atoms with Crippen molar-refractivity contribution in [2.24, 2.45) is 0 Å². The molecule has 0 saturated carbocycles. The minimum Gasteiger partial charge on any atom is -0.480 e. The highest BCUT2D eigenvalue weighted by atomic mass is 16.5. The quantitative estimate of drug-likeness (QED) is 0.844. The van der Waals surface area contributed by atoms with Crippen molar-refractivity contribution in [2.45, 2.75) is 12.0 Å². The molecule has 0 spiro atoms. The van der Waals surface area contributed by atoms with Crippen LogP contribution in [-0.2, 0) is 14.3 Å². The zero-order valence-corrected chi connectivity index (χ0v) is 13.8. The molecule has 1 amide bonds. The second kappa shape index (κ2) is 7.36. The maximum Gasteiger partial charge on any atom is 0.407 e. The topological polar surface area (TPSA) is 84.9 Å². The minimum absolute atomic E-state index is 0.0659. The summed E-state index contributed by atoms with van der Waals surface area (Å²) in [6.07, 6.45) is -0.772. The molecule has 25 heavy (non-hydrogen) atoms. The van der Waals surface area contributed by atoms with E-state index < -0.39 is 18.1 Å². The number of nitrogens with one attached hydrogen (secondary N) is 1. The predicted molar refractivity (Wildman–Crippen MR) is 91.5 cm³/mol. The van der Waals surface area contributed by atoms with Gasteiger partial charge in [0.2, 0.25) is 0 Å². The van der Waals surface area contributed by atoms with Gasteiger partial charge in [0, 0.05) is 13.0 Å². The summed E-state index contributed by atoms with van der Waals surface area (Å²) in [5.41, 5.74) is 4.47. The SMILES string of the molecule is COCC(NC(=O)OCC1c2ccccc2-c2ccccc21)C(=O)O. The van der Waals surface area contributed by atoms with Gasteiger partial charge in [0.1, 0.15) is 6.61 Å². The number of hydrogen-bond donors (Lipinski definition) is 2. The Labute approximate surface area is 145 Å². The monoisotopic (exact) mass is 341 g/mol. The summed E-state index contributed by atoms with van der Waals surface area (Å²) < 4.78 is 10.1. The Morgan fingerprint density at radius 3 is 2.16 bits per heavy atom. The van der Waals surface area contributed by atoms with Gasteiger partial charge in [-0.15, -0.1) is 0 Å². The number of hydrogen-bond acceptors (Lipinski definition) is 4. The summed E-state index contributed by atoms with van der Waals surface area (Å²) >= 11 is 0. The van der Waals surface area contributed by atoms with Gasteiger partial charge >= 0.3 is 12.1 Å². The van der Waals surface area contributed by atoms with Gasteiger partial charge in [-0.25, -0.2) is 9.59 Å². The molecule has 130 valence electrons. The Bertz CT molecular complexity index is 743. The molecule has 0 aliphatic heterocycles. The number of fused-ring (bicyclic) bond motifs is 3. The van der Waals surface area contributed by atoms with Crippen LogP contribution in [0.5, 0.6) is 0 Å². The molecule has 1 aliphatic rings. The minimum atomic E-state index is -1.17. The second-order valence-corrected chi connectivity index (χ2v) is 5.82. The second-order valence-electron chi connectivity index (χ2n) is 5.82. The third-order valence-corrected chi connectivity index (χ3v) is 4.27. The van der Waals surface area contributed by atoms with Crippen LogP contribution in [0.15, 0.2) is 48.5 Å². The number of carbonyl (C=O) groups excluding carboxylic acids is 1. The van der Waals surface area contributed by atoms with Crippen molar-refractivity contribution in [3.05, 3.63) is 59.7 Å². The molecule has 3 rings (SSSR count). The number of carboxylic acids is 1. The summed E-state index contributed by atoms with van der Waals surface area (Å²) in [5.74, 6) is -1.24. The van der Waals surface area contributed by atoms with E-state index in [-0.39, 0.29) is 19.1 Å². The molecule has 1 atom stereocenters. The van der Waals surface area contributed by atoms with E-state index in [2.05, 4.69) is 5.32 Å². The molecule has 6 heteroatoms. The molecular formula is C19H19NO5. The number of carbonyl (C=O) groups is 2. The molecule has 0 radical (unpaired) electrons. The van der Waals surface area contributed by atoms with Crippen LogP contribution in [0.2, 0.25) is 0 Å². The molecule has 2 aromatic carbocycles. The molecule has 1 aliphatic carbocycles. The standard InChI is InChI=1S/C19H19NO5/c1-24-11-17(18(21)22)20-19(23)25-10-16-14-8-4-2-6-12(14)13-7-3-5-9-15(13)16/h2-9,16-17H,10-11H2,1H3,(H,20,23)(H,21,22). The van der Waals surface area contributed by atoms with Crippen molar-refractivity contribution in [2.75, 3.05) is 20.3 Å². The lowest BCUT2D eigenvalue weighted by Gasteiger charge is -2.17. The first-order valence-corrected chi connectivity index (χ1v) is 7.95. The smallest absolute Gasteiger partial charge is 0.407 e. The van der Waals surface area contributed by atoms with Crippen LogP contribution >= 0.6 is 0 Å². The van der Waals surface area contributed by atoms with Gasteiger partial charge in [-0.1, -0.05) is 48.5 Å². The predicted octanol–water partition coefficient (Wildman–Crippen LogP) is 2.62. The van der Waals surface area contributed by atoms with E-state index in [0.29, 0.717) is 0 Å². The number of ether oxygens (including phenoxy) is 2. The van der Waals surface area contributed by atoms with Gasteiger partial charge in [0.05, 0.1) is 6.61 Å². The fourth-order valence-electron chi connectivity index (χ4n) is 3.12. The number of methoxy groups -OCH3 is 1. The molecular weight excluding hydrogens is 322 g/mol. The number of benzene rings is 2. The third-order valence-electron chi connectivity index (χ3n) is 4.27. The van der Waals surface area contributed by atoms with Crippen molar-refractivity contribution in [3.8, 4) is 11.1 Å². The maximum atomic E-state index is 12.0. The van der Waals surface area contributed by atoms with E-state index in [4.69, 9.17) is 14.6 Å². The number of carboxylic acid groups (broad SMARTS) is 1. The van der Waals surface area contributed by atoms with Crippen molar-refractivity contribution in [3.63, 3.8) is 0 Å². The zero-order valence-electron chi connectivity index (χ0n) is 13.8. The summed E-state index contributed by atoms with van der Waals surface area (Å²) in [6.45, 7) is 0.0126. The van der Waals surface area contributed by atoms with E-state index in [1.54, 1.807) is 0 Å². The molecule has 0 bridgehead atoms. The average molecular weight is 341 g/mol. The maximum absolute atomic E-state index is 12.0. The molecule has 0 aromatic heterocycles. The van der Waals surface area contributed by atoms with Crippen LogP contribution in [0.1, 0.15) is 17.0 Å². The summed E-state index contributed by atoms with van der Waals surface area (Å²) in [5, 5.41) is 11.3. The lowest BCUT2D eigenvalue weighted by atomic mass is 9.98. The average Bonchev–Trinajstić information content (AvgIpc) is 2.93. The molecule has 2 aromatic rings. The van der Waals surface area contributed by atoms with Crippen molar-refractivity contribution in [1.29, 1.82) is 0 Å². The summed E-state index contributed by atoms with van der Waals surface area (Å²) in [4.78, 5) is 23.0. The fraction of sp³-hybridized carbons (Fsp3) is 0.263. The summed E-state index contributed by atoms with van der Waals surface area (Å²) in [6, 6.07) is 14.9. The van der Waals surface area contributed by atoms with Gasteiger partial charge in [0.25, 0.3) is 0 Å². The van der Waals surface area contributed by atoms with Crippen LogP contribution in [0.25, 0.3) is 11.1 Å². The van der Waals surface area contributed by atoms with E-state index >= 15 is 0 Å².